The van der Waals surface area contributed by atoms with Crippen molar-refractivity contribution in [2.75, 3.05) is 36.0 Å². The minimum atomic E-state index is -4.39. The van der Waals surface area contributed by atoms with Gasteiger partial charge in [-0.25, -0.2) is 14.4 Å². The number of piperazine rings is 1. The van der Waals surface area contributed by atoms with Crippen LogP contribution in [-0.2, 0) is 6.18 Å². The Hall–Kier alpha value is -3.10. The highest BCUT2D eigenvalue weighted by atomic mass is 19.4. The Morgan fingerprint density at radius 3 is 2.32 bits per heavy atom. The van der Waals surface area contributed by atoms with E-state index < -0.39 is 11.7 Å². The number of H-pyrrole nitrogens is 1. The molecular weight excluding hydrogens is 374 g/mol. The molecule has 9 heteroatoms. The number of aromatic nitrogens is 3. The number of benzene rings is 1. The molecule has 0 bridgehead atoms. The smallest absolute Gasteiger partial charge is 0.353 e. The molecule has 2 aromatic heterocycles. The highest BCUT2D eigenvalue weighted by molar-refractivity contribution is 5.62. The number of nitrogens with one attached hydrogen (secondary N) is 1. The van der Waals surface area contributed by atoms with Gasteiger partial charge in [-0.15, -0.1) is 0 Å². The van der Waals surface area contributed by atoms with Crippen LogP contribution in [0.5, 0.6) is 0 Å². The minimum Gasteiger partial charge on any atom is -0.353 e. The van der Waals surface area contributed by atoms with Crippen molar-refractivity contribution in [1.29, 1.82) is 0 Å². The maximum Gasteiger partial charge on any atom is 0.416 e. The van der Waals surface area contributed by atoms with Crippen LogP contribution in [-0.4, -0.2) is 41.1 Å². The zero-order valence-electron chi connectivity index (χ0n) is 14.7. The van der Waals surface area contributed by atoms with Gasteiger partial charge in [0.15, 0.2) is 0 Å². The number of aromatic amines is 1. The second-order valence-corrected chi connectivity index (χ2v) is 6.51. The topological polar surface area (TPSA) is 48.0 Å². The van der Waals surface area contributed by atoms with Crippen LogP contribution in [0.2, 0.25) is 0 Å². The summed E-state index contributed by atoms with van der Waals surface area (Å²) in [5.74, 6) is 0.948. The second-order valence-electron chi connectivity index (χ2n) is 6.51. The normalized spacial score (nSPS) is 15.1. The van der Waals surface area contributed by atoms with E-state index in [1.54, 1.807) is 18.3 Å². The first-order valence-corrected chi connectivity index (χ1v) is 8.74. The zero-order valence-corrected chi connectivity index (χ0v) is 14.7. The summed E-state index contributed by atoms with van der Waals surface area (Å²) in [5, 5.41) is 0. The number of halogens is 4. The number of alkyl halides is 3. The molecule has 1 N–H and O–H groups in total. The summed E-state index contributed by atoms with van der Waals surface area (Å²) in [7, 11) is 0. The average molecular weight is 391 g/mol. The fraction of sp³-hybridized carbons (Fsp3) is 0.263. The van der Waals surface area contributed by atoms with E-state index in [-0.39, 0.29) is 5.82 Å². The van der Waals surface area contributed by atoms with Crippen LogP contribution in [0.15, 0.2) is 48.8 Å². The molecule has 0 saturated carbocycles. The molecule has 1 saturated heterocycles. The van der Waals surface area contributed by atoms with Gasteiger partial charge in [0.1, 0.15) is 11.6 Å². The third-order valence-corrected chi connectivity index (χ3v) is 4.68. The molecular formula is C19H17F4N5. The Bertz CT molecular complexity index is 943. The fourth-order valence-corrected chi connectivity index (χ4v) is 3.18. The Kier molecular flexibility index (Phi) is 4.66. The van der Waals surface area contributed by atoms with Crippen molar-refractivity contribution in [3.05, 3.63) is 60.2 Å². The van der Waals surface area contributed by atoms with Crippen LogP contribution in [0, 0.1) is 5.82 Å². The molecule has 0 atom stereocenters. The number of hydrogen-bond acceptors (Lipinski definition) is 4. The average Bonchev–Trinajstić information content (AvgIpc) is 3.18. The molecule has 3 aromatic rings. The van der Waals surface area contributed by atoms with Crippen molar-refractivity contribution >= 4 is 11.8 Å². The van der Waals surface area contributed by atoms with Gasteiger partial charge in [0.05, 0.1) is 23.7 Å². The van der Waals surface area contributed by atoms with Gasteiger partial charge in [-0.05, 0) is 24.3 Å². The predicted octanol–water partition coefficient (Wildman–Crippen LogP) is 3.96. The summed E-state index contributed by atoms with van der Waals surface area (Å²) >= 11 is 0. The third-order valence-electron chi connectivity index (χ3n) is 4.68. The summed E-state index contributed by atoms with van der Waals surface area (Å²) < 4.78 is 51.7. The van der Waals surface area contributed by atoms with E-state index in [0.29, 0.717) is 49.2 Å². The minimum absolute atomic E-state index is 0.375. The van der Waals surface area contributed by atoms with Gasteiger partial charge in [-0.1, -0.05) is 12.1 Å². The number of imidazole rings is 1. The maximum atomic E-state index is 13.0. The van der Waals surface area contributed by atoms with E-state index in [2.05, 4.69) is 15.0 Å². The highest BCUT2D eigenvalue weighted by Gasteiger charge is 2.30. The van der Waals surface area contributed by atoms with Crippen molar-refractivity contribution in [3.8, 4) is 11.3 Å². The number of hydrogen-bond donors (Lipinski definition) is 1. The SMILES string of the molecule is Fc1ccc(N2CCN(c3ncc(-c4cccc(C(F)(F)F)c4)[nH]3)CC2)nc1. The molecule has 4 rings (SSSR count). The molecule has 146 valence electrons. The molecule has 0 spiro atoms. The molecule has 3 heterocycles. The molecule has 1 aromatic carbocycles. The number of nitrogens with zero attached hydrogens (tertiary/aromatic N) is 4. The van der Waals surface area contributed by atoms with Gasteiger partial charge >= 0.3 is 6.18 Å². The summed E-state index contributed by atoms with van der Waals surface area (Å²) in [6.45, 7) is 2.68. The van der Waals surface area contributed by atoms with Crippen molar-refractivity contribution in [2.45, 2.75) is 6.18 Å². The summed E-state index contributed by atoms with van der Waals surface area (Å²) in [6.07, 6.45) is -1.65. The van der Waals surface area contributed by atoms with Gasteiger partial charge in [0.25, 0.3) is 0 Å². The second kappa shape index (κ2) is 7.14. The molecule has 0 amide bonds. The lowest BCUT2D eigenvalue weighted by Gasteiger charge is -2.35. The predicted molar refractivity (Wildman–Crippen MR) is 97.6 cm³/mol. The Morgan fingerprint density at radius 2 is 1.64 bits per heavy atom. The largest absolute Gasteiger partial charge is 0.416 e. The first kappa shape index (κ1) is 18.3. The lowest BCUT2D eigenvalue weighted by molar-refractivity contribution is -0.137. The fourth-order valence-electron chi connectivity index (χ4n) is 3.18. The quantitative estimate of drug-likeness (QED) is 0.687. The first-order valence-electron chi connectivity index (χ1n) is 8.74. The van der Waals surface area contributed by atoms with Gasteiger partial charge < -0.3 is 14.8 Å². The van der Waals surface area contributed by atoms with Gasteiger partial charge in [-0.3, -0.25) is 0 Å². The molecule has 1 aliphatic heterocycles. The molecule has 0 radical (unpaired) electrons. The zero-order chi connectivity index (χ0) is 19.7. The Balaban J connectivity index is 1.45. The van der Waals surface area contributed by atoms with Gasteiger partial charge in [0, 0.05) is 31.7 Å². The standard InChI is InChI=1S/C19H17F4N5/c20-15-4-5-17(24-11-15)27-6-8-28(9-7-27)18-25-12-16(26-18)13-2-1-3-14(10-13)19(21,22)23/h1-5,10-12H,6-9H2,(H,25,26). The van der Waals surface area contributed by atoms with Crippen molar-refractivity contribution in [1.82, 2.24) is 15.0 Å². The van der Waals surface area contributed by atoms with Crippen LogP contribution < -0.4 is 9.80 Å². The monoisotopic (exact) mass is 391 g/mol. The van der Waals surface area contributed by atoms with E-state index in [0.717, 1.165) is 12.1 Å². The molecule has 1 fully saturated rings. The molecule has 28 heavy (non-hydrogen) atoms. The Morgan fingerprint density at radius 1 is 0.893 bits per heavy atom. The van der Waals surface area contributed by atoms with E-state index in [9.17, 15) is 17.6 Å². The van der Waals surface area contributed by atoms with Gasteiger partial charge in [-0.2, -0.15) is 13.2 Å². The number of pyridine rings is 1. The van der Waals surface area contributed by atoms with Crippen LogP contribution in [0.3, 0.4) is 0 Å². The summed E-state index contributed by atoms with van der Waals surface area (Å²) in [6, 6.07) is 8.17. The molecule has 0 aliphatic carbocycles. The third kappa shape index (κ3) is 3.78. The molecule has 0 unspecified atom stereocenters. The van der Waals surface area contributed by atoms with Crippen molar-refractivity contribution in [2.24, 2.45) is 0 Å². The van der Waals surface area contributed by atoms with E-state index in [4.69, 9.17) is 0 Å². The van der Waals surface area contributed by atoms with E-state index >= 15 is 0 Å². The lowest BCUT2D eigenvalue weighted by atomic mass is 10.1. The number of anilines is 2. The number of rotatable bonds is 3. The maximum absolute atomic E-state index is 13.0. The summed E-state index contributed by atoms with van der Waals surface area (Å²) in [5.41, 5.74) is 0.271. The Labute approximate surface area is 158 Å². The summed E-state index contributed by atoms with van der Waals surface area (Å²) in [4.78, 5) is 15.6. The van der Waals surface area contributed by atoms with Crippen molar-refractivity contribution < 1.29 is 17.6 Å². The van der Waals surface area contributed by atoms with Crippen LogP contribution >= 0.6 is 0 Å². The lowest BCUT2D eigenvalue weighted by Crippen LogP contribution is -2.47. The highest BCUT2D eigenvalue weighted by Crippen LogP contribution is 2.32. The van der Waals surface area contributed by atoms with E-state index in [1.165, 1.54) is 18.3 Å². The van der Waals surface area contributed by atoms with Crippen LogP contribution in [0.1, 0.15) is 5.56 Å². The molecule has 1 aliphatic rings. The van der Waals surface area contributed by atoms with Crippen LogP contribution in [0.4, 0.5) is 29.3 Å². The van der Waals surface area contributed by atoms with Crippen molar-refractivity contribution in [3.63, 3.8) is 0 Å². The first-order chi connectivity index (χ1) is 13.4. The van der Waals surface area contributed by atoms with Gasteiger partial charge in [0.2, 0.25) is 5.95 Å². The molecule has 5 nitrogen and oxygen atoms in total. The van der Waals surface area contributed by atoms with E-state index in [1.807, 2.05) is 9.80 Å². The van der Waals surface area contributed by atoms with Crippen LogP contribution in [0.25, 0.3) is 11.3 Å².